The summed E-state index contributed by atoms with van der Waals surface area (Å²) >= 11 is 0. The van der Waals surface area contributed by atoms with Gasteiger partial charge in [-0.05, 0) is 31.2 Å². The van der Waals surface area contributed by atoms with Crippen LogP contribution < -0.4 is 5.32 Å². The molecule has 2 amide bonds. The van der Waals surface area contributed by atoms with Crippen molar-refractivity contribution in [3.8, 4) is 0 Å². The van der Waals surface area contributed by atoms with Gasteiger partial charge in [-0.2, -0.15) is 5.10 Å². The second-order valence-corrected chi connectivity index (χ2v) is 6.61. The summed E-state index contributed by atoms with van der Waals surface area (Å²) in [4.78, 5) is 26.7. The number of ether oxygens (including phenoxy) is 1. The minimum absolute atomic E-state index is 0.0551. The van der Waals surface area contributed by atoms with Crippen molar-refractivity contribution in [1.29, 1.82) is 0 Å². The highest BCUT2D eigenvalue weighted by molar-refractivity contribution is 5.82. The number of carbonyl (C=O) groups excluding carboxylic acids is 2. The van der Waals surface area contributed by atoms with Crippen molar-refractivity contribution in [1.82, 2.24) is 20.0 Å². The number of nitrogens with zero attached hydrogens (tertiary/aromatic N) is 3. The number of fused-ring (bicyclic) bond motifs is 1. The lowest BCUT2D eigenvalue weighted by Crippen LogP contribution is -2.47. The molecule has 0 radical (unpaired) electrons. The molecule has 0 spiro atoms. The maximum atomic E-state index is 12.7. The van der Waals surface area contributed by atoms with E-state index in [0.29, 0.717) is 32.0 Å². The van der Waals surface area contributed by atoms with Crippen LogP contribution in [0.1, 0.15) is 44.3 Å². The lowest BCUT2D eigenvalue weighted by Gasteiger charge is -2.33. The molecule has 7 nitrogen and oxygen atoms in total. The topological polar surface area (TPSA) is 76.5 Å². The van der Waals surface area contributed by atoms with Crippen LogP contribution in [0.4, 0.5) is 0 Å². The third-order valence-electron chi connectivity index (χ3n) is 4.82. The quantitative estimate of drug-likeness (QED) is 0.875. The number of hydrogen-bond donors (Lipinski definition) is 1. The van der Waals surface area contributed by atoms with Crippen molar-refractivity contribution < 1.29 is 14.3 Å². The number of carbonyl (C=O) groups is 2. The van der Waals surface area contributed by atoms with Crippen molar-refractivity contribution in [2.45, 2.75) is 45.2 Å². The van der Waals surface area contributed by atoms with Crippen LogP contribution in [-0.2, 0) is 20.9 Å². The van der Waals surface area contributed by atoms with Crippen molar-refractivity contribution in [2.75, 3.05) is 26.3 Å². The number of hydrogen-bond acceptors (Lipinski definition) is 4. The fourth-order valence-corrected chi connectivity index (χ4v) is 3.36. The molecule has 24 heavy (non-hydrogen) atoms. The van der Waals surface area contributed by atoms with Gasteiger partial charge in [0.15, 0.2) is 0 Å². The smallest absolute Gasteiger partial charge is 0.246 e. The van der Waals surface area contributed by atoms with Crippen LogP contribution >= 0.6 is 0 Å². The van der Waals surface area contributed by atoms with Gasteiger partial charge in [-0.15, -0.1) is 0 Å². The zero-order valence-corrected chi connectivity index (χ0v) is 14.2. The fourth-order valence-electron chi connectivity index (χ4n) is 3.36. The molecule has 1 aromatic rings. The SMILES string of the molecule is CCCC(=O)N1Cc2ccnn2[C@@H](C(=O)NCC2CCOCC2)C1. The average Bonchev–Trinajstić information content (AvgIpc) is 3.08. The van der Waals surface area contributed by atoms with Crippen LogP contribution in [0.2, 0.25) is 0 Å². The highest BCUT2D eigenvalue weighted by Gasteiger charge is 2.32. The van der Waals surface area contributed by atoms with Crippen molar-refractivity contribution in [2.24, 2.45) is 5.92 Å². The van der Waals surface area contributed by atoms with Crippen LogP contribution in [0.15, 0.2) is 12.3 Å². The first-order chi connectivity index (χ1) is 11.7. The summed E-state index contributed by atoms with van der Waals surface area (Å²) in [6, 6.07) is 1.44. The largest absolute Gasteiger partial charge is 0.381 e. The third-order valence-corrected chi connectivity index (χ3v) is 4.82. The molecule has 132 valence electrons. The Kier molecular flexibility index (Phi) is 5.50. The highest BCUT2D eigenvalue weighted by Crippen LogP contribution is 2.22. The minimum atomic E-state index is -0.440. The van der Waals surface area contributed by atoms with Crippen LogP contribution in [0.3, 0.4) is 0 Å². The van der Waals surface area contributed by atoms with Gasteiger partial charge in [-0.25, -0.2) is 0 Å². The van der Waals surface area contributed by atoms with E-state index in [2.05, 4.69) is 10.4 Å². The molecule has 1 fully saturated rings. The predicted molar refractivity (Wildman–Crippen MR) is 88.1 cm³/mol. The molecule has 7 heteroatoms. The van der Waals surface area contributed by atoms with E-state index in [1.54, 1.807) is 15.8 Å². The fraction of sp³-hybridized carbons (Fsp3) is 0.706. The van der Waals surface area contributed by atoms with Crippen LogP contribution in [0.5, 0.6) is 0 Å². The molecular formula is C17H26N4O3. The molecule has 0 aromatic carbocycles. The van der Waals surface area contributed by atoms with E-state index in [0.717, 1.165) is 38.2 Å². The van der Waals surface area contributed by atoms with Crippen LogP contribution in [0, 0.1) is 5.92 Å². The summed E-state index contributed by atoms with van der Waals surface area (Å²) < 4.78 is 7.11. The van der Waals surface area contributed by atoms with E-state index in [1.165, 1.54) is 0 Å². The Balaban J connectivity index is 1.64. The second-order valence-electron chi connectivity index (χ2n) is 6.61. The molecular weight excluding hydrogens is 308 g/mol. The lowest BCUT2D eigenvalue weighted by molar-refractivity contribution is -0.135. The third kappa shape index (κ3) is 3.77. The normalized spacial score (nSPS) is 21.4. The monoisotopic (exact) mass is 334 g/mol. The molecule has 0 bridgehead atoms. The van der Waals surface area contributed by atoms with Gasteiger partial charge < -0.3 is 15.0 Å². The number of nitrogens with one attached hydrogen (secondary N) is 1. The lowest BCUT2D eigenvalue weighted by atomic mass is 10.0. The summed E-state index contributed by atoms with van der Waals surface area (Å²) in [7, 11) is 0. The van der Waals surface area contributed by atoms with E-state index in [-0.39, 0.29) is 11.8 Å². The molecule has 1 aromatic heterocycles. The van der Waals surface area contributed by atoms with E-state index >= 15 is 0 Å². The molecule has 2 aliphatic rings. The standard InChI is InChI=1S/C17H26N4O3/c1-2-3-16(22)20-11-14-4-7-19-21(14)15(12-20)17(23)18-10-13-5-8-24-9-6-13/h4,7,13,15H,2-3,5-6,8-12H2,1H3,(H,18,23)/t15-/m1/s1. The molecule has 1 saturated heterocycles. The van der Waals surface area contributed by atoms with Gasteiger partial charge in [-0.1, -0.05) is 6.92 Å². The Bertz CT molecular complexity index is 580. The summed E-state index contributed by atoms with van der Waals surface area (Å²) in [5.74, 6) is 0.522. The maximum Gasteiger partial charge on any atom is 0.246 e. The molecule has 0 unspecified atom stereocenters. The Morgan fingerprint density at radius 2 is 2.17 bits per heavy atom. The number of amides is 2. The van der Waals surface area contributed by atoms with Gasteiger partial charge in [0.1, 0.15) is 6.04 Å². The van der Waals surface area contributed by atoms with Crippen molar-refractivity contribution in [3.63, 3.8) is 0 Å². The van der Waals surface area contributed by atoms with E-state index < -0.39 is 6.04 Å². The highest BCUT2D eigenvalue weighted by atomic mass is 16.5. The molecule has 2 aliphatic heterocycles. The van der Waals surface area contributed by atoms with Gasteiger partial charge >= 0.3 is 0 Å². The zero-order valence-electron chi connectivity index (χ0n) is 14.2. The number of rotatable bonds is 5. The Labute approximate surface area is 142 Å². The second kappa shape index (κ2) is 7.79. The summed E-state index contributed by atoms with van der Waals surface area (Å²) in [6.07, 6.45) is 5.00. The summed E-state index contributed by atoms with van der Waals surface area (Å²) in [5.41, 5.74) is 0.914. The van der Waals surface area contributed by atoms with E-state index in [1.807, 2.05) is 13.0 Å². The molecule has 1 atom stereocenters. The van der Waals surface area contributed by atoms with Gasteiger partial charge in [0.2, 0.25) is 11.8 Å². The first kappa shape index (κ1) is 17.0. The molecule has 0 saturated carbocycles. The summed E-state index contributed by atoms with van der Waals surface area (Å²) in [6.45, 7) is 5.12. The number of aromatic nitrogens is 2. The molecule has 3 rings (SSSR count). The van der Waals surface area contributed by atoms with Gasteiger partial charge in [0.25, 0.3) is 0 Å². The zero-order chi connectivity index (χ0) is 16.9. The van der Waals surface area contributed by atoms with Crippen LogP contribution in [0.25, 0.3) is 0 Å². The van der Waals surface area contributed by atoms with Crippen LogP contribution in [-0.4, -0.2) is 52.8 Å². The Hall–Kier alpha value is -1.89. The first-order valence-electron chi connectivity index (χ1n) is 8.84. The summed E-state index contributed by atoms with van der Waals surface area (Å²) in [5, 5.41) is 7.34. The predicted octanol–water partition coefficient (Wildman–Crippen LogP) is 1.11. The Morgan fingerprint density at radius 3 is 2.92 bits per heavy atom. The first-order valence-corrected chi connectivity index (χ1v) is 8.84. The maximum absolute atomic E-state index is 12.7. The van der Waals surface area contributed by atoms with E-state index in [4.69, 9.17) is 4.74 Å². The van der Waals surface area contributed by atoms with E-state index in [9.17, 15) is 9.59 Å². The molecule has 1 N–H and O–H groups in total. The van der Waals surface area contributed by atoms with Gasteiger partial charge in [0, 0.05) is 32.4 Å². The Morgan fingerprint density at radius 1 is 1.38 bits per heavy atom. The van der Waals surface area contributed by atoms with Gasteiger partial charge in [0.05, 0.1) is 18.8 Å². The van der Waals surface area contributed by atoms with Crippen molar-refractivity contribution >= 4 is 11.8 Å². The van der Waals surface area contributed by atoms with Crippen molar-refractivity contribution in [3.05, 3.63) is 18.0 Å². The molecule has 3 heterocycles. The average molecular weight is 334 g/mol. The molecule has 0 aliphatic carbocycles. The van der Waals surface area contributed by atoms with Gasteiger partial charge in [-0.3, -0.25) is 14.3 Å². The minimum Gasteiger partial charge on any atom is -0.381 e.